The number of ether oxygens (including phenoxy) is 2. The van der Waals surface area contributed by atoms with Crippen LogP contribution < -0.4 is 10.1 Å². The van der Waals surface area contributed by atoms with Crippen molar-refractivity contribution in [3.63, 3.8) is 0 Å². The Morgan fingerprint density at radius 2 is 2.03 bits per heavy atom. The van der Waals surface area contributed by atoms with Gasteiger partial charge in [-0.3, -0.25) is 9.59 Å². The van der Waals surface area contributed by atoms with E-state index in [1.165, 1.54) is 6.42 Å². The van der Waals surface area contributed by atoms with Crippen molar-refractivity contribution in [2.75, 3.05) is 32.9 Å². The largest absolute Gasteiger partial charge is 0.486 e. The van der Waals surface area contributed by atoms with Gasteiger partial charge in [-0.25, -0.2) is 0 Å². The Bertz CT molecular complexity index is 1050. The van der Waals surface area contributed by atoms with Crippen LogP contribution in [-0.4, -0.2) is 78.1 Å². The smallest absolute Gasteiger partial charge is 0.249 e. The average Bonchev–Trinajstić information content (AvgIpc) is 3.29. The van der Waals surface area contributed by atoms with E-state index < -0.39 is 24.2 Å². The molecule has 0 unspecified atom stereocenters. The normalized spacial score (nSPS) is 32.8. The standard InChI is InChI=1S/C29H40N2O6/c1-4-36-16-24(33)31(15-17-9-10-18-13-21(17)29(18,2)3)22-14-20(28(35)30-11-12-32)25-19-7-5-6-8-23(19)37-27(25)26(22)34/h5-8,14,17-18,21-22,25-27,32,34H,4,9-13,15-16H2,1-3H3,(H,30,35)/t17-,18-,21-,22+,25-,26-,27-/m0/s1. The van der Waals surface area contributed by atoms with E-state index in [4.69, 9.17) is 9.47 Å². The molecule has 2 amide bonds. The van der Waals surface area contributed by atoms with Crippen molar-refractivity contribution in [2.24, 2.45) is 23.2 Å². The fraction of sp³-hybridized carbons (Fsp3) is 0.655. The summed E-state index contributed by atoms with van der Waals surface area (Å²) in [4.78, 5) is 28.6. The molecular formula is C29H40N2O6. The Kier molecular flexibility index (Phi) is 7.35. The zero-order valence-electron chi connectivity index (χ0n) is 22.1. The maximum Gasteiger partial charge on any atom is 0.249 e. The molecular weight excluding hydrogens is 472 g/mol. The van der Waals surface area contributed by atoms with E-state index in [-0.39, 0.29) is 37.0 Å². The zero-order chi connectivity index (χ0) is 26.3. The maximum atomic E-state index is 13.5. The average molecular weight is 513 g/mol. The summed E-state index contributed by atoms with van der Waals surface area (Å²) in [5.41, 5.74) is 1.56. The second-order valence-electron chi connectivity index (χ2n) is 11.6. The van der Waals surface area contributed by atoms with Gasteiger partial charge < -0.3 is 29.9 Å². The van der Waals surface area contributed by atoms with Crippen molar-refractivity contribution < 1.29 is 29.3 Å². The topological polar surface area (TPSA) is 108 Å². The number of hydrogen-bond donors (Lipinski definition) is 3. The highest BCUT2D eigenvalue weighted by Crippen LogP contribution is 2.61. The minimum Gasteiger partial charge on any atom is -0.486 e. The number of rotatable bonds is 9. The maximum absolute atomic E-state index is 13.5. The molecule has 0 spiro atoms. The third-order valence-electron chi connectivity index (χ3n) is 9.42. The molecule has 8 nitrogen and oxygen atoms in total. The first-order chi connectivity index (χ1) is 17.8. The highest BCUT2D eigenvalue weighted by Gasteiger charge is 2.56. The minimum absolute atomic E-state index is 0.0712. The predicted octanol–water partition coefficient (Wildman–Crippen LogP) is 2.25. The van der Waals surface area contributed by atoms with E-state index in [0.717, 1.165) is 24.3 Å². The van der Waals surface area contributed by atoms with E-state index >= 15 is 0 Å². The second kappa shape index (κ2) is 10.4. The van der Waals surface area contributed by atoms with Crippen molar-refractivity contribution >= 4 is 11.8 Å². The lowest BCUT2D eigenvalue weighted by Crippen LogP contribution is -2.60. The summed E-state index contributed by atoms with van der Waals surface area (Å²) in [6.07, 6.45) is 3.45. The lowest BCUT2D eigenvalue weighted by atomic mass is 9.45. The van der Waals surface area contributed by atoms with Gasteiger partial charge in [0.2, 0.25) is 11.8 Å². The predicted molar refractivity (Wildman–Crippen MR) is 138 cm³/mol. The number of hydrogen-bond acceptors (Lipinski definition) is 6. The van der Waals surface area contributed by atoms with Gasteiger partial charge in [0, 0.05) is 30.8 Å². The molecule has 1 heterocycles. The minimum atomic E-state index is -1.01. The Labute approximate surface area is 219 Å². The summed E-state index contributed by atoms with van der Waals surface area (Å²) < 4.78 is 11.7. The molecule has 1 aromatic carbocycles. The lowest BCUT2D eigenvalue weighted by molar-refractivity contribution is -0.150. The van der Waals surface area contributed by atoms with Gasteiger partial charge >= 0.3 is 0 Å². The molecule has 3 N–H and O–H groups in total. The number of carbonyl (C=O) groups excluding carboxylic acids is 2. The first-order valence-corrected chi connectivity index (χ1v) is 13.7. The number of nitrogens with zero attached hydrogens (tertiary/aromatic N) is 1. The van der Waals surface area contributed by atoms with E-state index in [1.54, 1.807) is 11.0 Å². The highest BCUT2D eigenvalue weighted by atomic mass is 16.5. The fourth-order valence-electron chi connectivity index (χ4n) is 7.29. The molecule has 2 bridgehead atoms. The van der Waals surface area contributed by atoms with Crippen LogP contribution in [0, 0.1) is 23.2 Å². The molecule has 6 rings (SSSR count). The number of amides is 2. The second-order valence-corrected chi connectivity index (χ2v) is 11.6. The lowest BCUT2D eigenvalue weighted by Gasteiger charge is -2.61. The van der Waals surface area contributed by atoms with Crippen molar-refractivity contribution in [1.82, 2.24) is 10.2 Å². The molecule has 37 heavy (non-hydrogen) atoms. The molecule has 8 heteroatoms. The summed E-state index contributed by atoms with van der Waals surface area (Å²) in [6, 6.07) is 6.78. The Morgan fingerprint density at radius 1 is 1.24 bits per heavy atom. The molecule has 0 saturated heterocycles. The van der Waals surface area contributed by atoms with Crippen LogP contribution in [0.2, 0.25) is 0 Å². The van der Waals surface area contributed by atoms with E-state index in [0.29, 0.717) is 36.3 Å². The van der Waals surface area contributed by atoms with Gasteiger partial charge in [0.05, 0.1) is 18.6 Å². The fourth-order valence-corrected chi connectivity index (χ4v) is 7.29. The van der Waals surface area contributed by atoms with Crippen LogP contribution >= 0.6 is 0 Å². The van der Waals surface area contributed by atoms with E-state index in [2.05, 4.69) is 19.2 Å². The molecule has 3 fully saturated rings. The molecule has 0 aromatic heterocycles. The van der Waals surface area contributed by atoms with Crippen LogP contribution in [0.5, 0.6) is 5.75 Å². The summed E-state index contributed by atoms with van der Waals surface area (Å²) in [5.74, 6) is 1.28. The molecule has 1 aromatic rings. The van der Waals surface area contributed by atoms with Crippen LogP contribution in [0.3, 0.4) is 0 Å². The van der Waals surface area contributed by atoms with Gasteiger partial charge in [0.1, 0.15) is 24.6 Å². The number of para-hydroxylation sites is 1. The highest BCUT2D eigenvalue weighted by molar-refractivity contribution is 5.96. The first-order valence-electron chi connectivity index (χ1n) is 13.7. The molecule has 7 atom stereocenters. The van der Waals surface area contributed by atoms with Gasteiger partial charge in [-0.15, -0.1) is 0 Å². The third kappa shape index (κ3) is 4.57. The van der Waals surface area contributed by atoms with Gasteiger partial charge in [-0.05, 0) is 61.5 Å². The quantitative estimate of drug-likeness (QED) is 0.468. The Morgan fingerprint density at radius 3 is 2.73 bits per heavy atom. The summed E-state index contributed by atoms with van der Waals surface area (Å²) in [5, 5.41) is 23.7. The van der Waals surface area contributed by atoms with Gasteiger partial charge in [-0.2, -0.15) is 0 Å². The summed E-state index contributed by atoms with van der Waals surface area (Å²) in [7, 11) is 0. The van der Waals surface area contributed by atoms with Crippen molar-refractivity contribution in [1.29, 1.82) is 0 Å². The number of carbonyl (C=O) groups is 2. The van der Waals surface area contributed by atoms with Crippen molar-refractivity contribution in [2.45, 2.75) is 64.2 Å². The number of aliphatic hydroxyl groups is 2. The monoisotopic (exact) mass is 512 g/mol. The Hall–Kier alpha value is -2.42. The first kappa shape index (κ1) is 26.2. The van der Waals surface area contributed by atoms with E-state index in [1.807, 2.05) is 31.2 Å². The third-order valence-corrected chi connectivity index (χ3v) is 9.42. The number of benzene rings is 1. The summed E-state index contributed by atoms with van der Waals surface area (Å²) >= 11 is 0. The van der Waals surface area contributed by atoms with Crippen LogP contribution in [0.25, 0.3) is 0 Å². The number of nitrogens with one attached hydrogen (secondary N) is 1. The van der Waals surface area contributed by atoms with Crippen LogP contribution in [0.4, 0.5) is 0 Å². The number of fused-ring (bicyclic) bond motifs is 5. The molecule has 0 radical (unpaired) electrons. The van der Waals surface area contributed by atoms with Crippen LogP contribution in [-0.2, 0) is 14.3 Å². The SMILES string of the molecule is CCOCC(=O)N(C[C@@H]1CC[C@H]2C[C@@H]1C2(C)C)[C@@H]1C=C(C(=O)NCCO)[C@@H]2c3ccccc3O[C@@H]2[C@H]1O. The van der Waals surface area contributed by atoms with Crippen LogP contribution in [0.1, 0.15) is 51.5 Å². The van der Waals surface area contributed by atoms with Crippen molar-refractivity contribution in [3.05, 3.63) is 41.5 Å². The van der Waals surface area contributed by atoms with Gasteiger partial charge in [0.15, 0.2) is 0 Å². The number of aliphatic hydroxyl groups excluding tert-OH is 2. The molecule has 4 aliphatic carbocycles. The van der Waals surface area contributed by atoms with Crippen molar-refractivity contribution in [3.8, 4) is 5.75 Å². The molecule has 3 saturated carbocycles. The summed E-state index contributed by atoms with van der Waals surface area (Å²) in [6.45, 7) is 7.32. The Balaban J connectivity index is 1.49. The van der Waals surface area contributed by atoms with Gasteiger partial charge in [-0.1, -0.05) is 32.0 Å². The molecule has 202 valence electrons. The van der Waals surface area contributed by atoms with Gasteiger partial charge in [0.25, 0.3) is 0 Å². The van der Waals surface area contributed by atoms with E-state index in [9.17, 15) is 19.8 Å². The zero-order valence-corrected chi connectivity index (χ0v) is 22.1. The molecule has 5 aliphatic rings. The molecule has 1 aliphatic heterocycles. The van der Waals surface area contributed by atoms with Crippen LogP contribution in [0.15, 0.2) is 35.9 Å².